The number of ether oxygens (including phenoxy) is 1. The fraction of sp³-hybridized carbons (Fsp3) is 0.600. The maximum absolute atomic E-state index is 11.7. The fourth-order valence-corrected chi connectivity index (χ4v) is 3.82. The minimum absolute atomic E-state index is 0.0883. The van der Waals surface area contributed by atoms with Crippen molar-refractivity contribution in [1.29, 1.82) is 0 Å². The second kappa shape index (κ2) is 13.6. The summed E-state index contributed by atoms with van der Waals surface area (Å²) in [5.41, 5.74) is 0.445. The quantitative estimate of drug-likeness (QED) is 0.137. The topological polar surface area (TPSA) is 141 Å². The van der Waals surface area contributed by atoms with E-state index in [0.29, 0.717) is 18.7 Å². The Kier molecular flexibility index (Phi) is 10.9. The Hall–Kier alpha value is -2.73. The molecule has 0 spiro atoms. The van der Waals surface area contributed by atoms with E-state index in [2.05, 4.69) is 20.3 Å². The average Bonchev–Trinajstić information content (AvgIpc) is 3.23. The van der Waals surface area contributed by atoms with Gasteiger partial charge in [-0.3, -0.25) is 19.7 Å². The number of fused-ring (bicyclic) bond motifs is 1. The zero-order valence-corrected chi connectivity index (χ0v) is 19.2. The first kappa shape index (κ1) is 25.5. The van der Waals surface area contributed by atoms with Crippen LogP contribution >= 0.6 is 11.8 Å². The Morgan fingerprint density at radius 2 is 1.91 bits per heavy atom. The number of non-ortho nitro benzene ring substituents is 1. The van der Waals surface area contributed by atoms with Gasteiger partial charge in [-0.25, -0.2) is 4.63 Å². The first-order chi connectivity index (χ1) is 15.4. The molecule has 2 rings (SSSR count). The molecule has 0 radical (unpaired) electrons. The molecule has 176 valence electrons. The van der Waals surface area contributed by atoms with Gasteiger partial charge >= 0.3 is 11.7 Å². The Bertz CT molecular complexity index is 904. The van der Waals surface area contributed by atoms with Crippen molar-refractivity contribution in [2.75, 3.05) is 39.5 Å². The summed E-state index contributed by atoms with van der Waals surface area (Å²) in [5.74, 6) is 0.322. The van der Waals surface area contributed by atoms with Crippen LogP contribution in [0.2, 0.25) is 0 Å². The number of nitro benzene ring substituents is 1. The standard InChI is InChI=1S/C20H29N5O6S/c1-24(2)12-11-21-17(26)9-10-18(27)30-13-5-3-4-6-14-32-16-8-7-15(25(28)29)19-20(16)23-31-22-19/h7-8H,3-6,9-14H2,1-2H3,(H,21,26). The lowest BCUT2D eigenvalue weighted by molar-refractivity contribution is -0.383. The number of rotatable bonds is 15. The molecule has 1 heterocycles. The Morgan fingerprint density at radius 3 is 2.66 bits per heavy atom. The maximum atomic E-state index is 11.7. The van der Waals surface area contributed by atoms with Crippen LogP contribution in [0.5, 0.6) is 0 Å². The van der Waals surface area contributed by atoms with Crippen LogP contribution in [-0.2, 0) is 14.3 Å². The first-order valence-corrected chi connectivity index (χ1v) is 11.5. The minimum atomic E-state index is -0.505. The van der Waals surface area contributed by atoms with Crippen LogP contribution in [0.1, 0.15) is 38.5 Å². The summed E-state index contributed by atoms with van der Waals surface area (Å²) in [5, 5.41) is 21.2. The summed E-state index contributed by atoms with van der Waals surface area (Å²) in [4.78, 5) is 36.6. The number of esters is 1. The van der Waals surface area contributed by atoms with Crippen LogP contribution in [0, 0.1) is 10.1 Å². The van der Waals surface area contributed by atoms with Crippen LogP contribution in [0.25, 0.3) is 11.0 Å². The number of thioether (sulfide) groups is 1. The van der Waals surface area contributed by atoms with Crippen molar-refractivity contribution in [2.45, 2.75) is 43.4 Å². The van der Waals surface area contributed by atoms with Crippen molar-refractivity contribution in [3.05, 3.63) is 22.2 Å². The van der Waals surface area contributed by atoms with Crippen LogP contribution in [0.3, 0.4) is 0 Å². The molecule has 0 fully saturated rings. The van der Waals surface area contributed by atoms with E-state index in [4.69, 9.17) is 4.74 Å². The van der Waals surface area contributed by atoms with Crippen molar-refractivity contribution in [2.24, 2.45) is 0 Å². The van der Waals surface area contributed by atoms with E-state index >= 15 is 0 Å². The van der Waals surface area contributed by atoms with Crippen molar-refractivity contribution in [3.8, 4) is 0 Å². The third kappa shape index (κ3) is 8.79. The zero-order valence-electron chi connectivity index (χ0n) is 18.4. The van der Waals surface area contributed by atoms with Gasteiger partial charge in [0.2, 0.25) is 11.4 Å². The number of carbonyl (C=O) groups is 2. The molecule has 1 aromatic heterocycles. The van der Waals surface area contributed by atoms with E-state index < -0.39 is 4.92 Å². The number of hydrogen-bond acceptors (Lipinski definition) is 10. The van der Waals surface area contributed by atoms with E-state index in [9.17, 15) is 19.7 Å². The van der Waals surface area contributed by atoms with E-state index in [1.807, 2.05) is 19.0 Å². The highest BCUT2D eigenvalue weighted by Crippen LogP contribution is 2.32. The molecule has 0 saturated heterocycles. The predicted octanol–water partition coefficient (Wildman–Crippen LogP) is 2.78. The van der Waals surface area contributed by atoms with Crippen molar-refractivity contribution in [3.63, 3.8) is 0 Å². The molecule has 0 aliphatic rings. The van der Waals surface area contributed by atoms with Gasteiger partial charge in [-0.05, 0) is 49.1 Å². The van der Waals surface area contributed by atoms with E-state index in [1.165, 1.54) is 6.07 Å². The summed E-state index contributed by atoms with van der Waals surface area (Å²) in [6.45, 7) is 1.66. The second-order valence-corrected chi connectivity index (χ2v) is 8.57. The van der Waals surface area contributed by atoms with Gasteiger partial charge < -0.3 is 15.0 Å². The van der Waals surface area contributed by atoms with Gasteiger partial charge in [-0.15, -0.1) is 11.8 Å². The summed E-state index contributed by atoms with van der Waals surface area (Å²) >= 11 is 1.55. The van der Waals surface area contributed by atoms with Gasteiger partial charge in [0.05, 0.1) is 18.0 Å². The first-order valence-electron chi connectivity index (χ1n) is 10.5. The number of nitrogens with zero attached hydrogens (tertiary/aromatic N) is 4. The fourth-order valence-electron chi connectivity index (χ4n) is 2.82. The van der Waals surface area contributed by atoms with Crippen LogP contribution in [0.15, 0.2) is 21.7 Å². The SMILES string of the molecule is CN(C)CCNC(=O)CCC(=O)OCCCCCCSc1ccc([N+](=O)[O-])c2nonc12. The lowest BCUT2D eigenvalue weighted by Gasteiger charge is -2.10. The average molecular weight is 468 g/mol. The molecule has 0 unspecified atom stereocenters. The van der Waals surface area contributed by atoms with Gasteiger partial charge in [-0.1, -0.05) is 12.8 Å². The summed E-state index contributed by atoms with van der Waals surface area (Å²) in [6.07, 6.45) is 3.81. The lowest BCUT2D eigenvalue weighted by Crippen LogP contribution is -2.31. The number of hydrogen-bond donors (Lipinski definition) is 1. The maximum Gasteiger partial charge on any atom is 0.306 e. The molecule has 1 amide bonds. The van der Waals surface area contributed by atoms with E-state index in [1.54, 1.807) is 17.8 Å². The molecule has 11 nitrogen and oxygen atoms in total. The minimum Gasteiger partial charge on any atom is -0.466 e. The predicted molar refractivity (Wildman–Crippen MR) is 119 cm³/mol. The molecular weight excluding hydrogens is 438 g/mol. The highest BCUT2D eigenvalue weighted by Gasteiger charge is 2.19. The molecule has 0 bridgehead atoms. The number of amides is 1. The van der Waals surface area contributed by atoms with Crippen LogP contribution in [0.4, 0.5) is 5.69 Å². The normalized spacial score (nSPS) is 11.1. The number of carbonyl (C=O) groups excluding carboxylic acids is 2. The lowest BCUT2D eigenvalue weighted by atomic mass is 10.2. The summed E-state index contributed by atoms with van der Waals surface area (Å²) in [6, 6.07) is 3.08. The largest absolute Gasteiger partial charge is 0.466 e. The highest BCUT2D eigenvalue weighted by atomic mass is 32.2. The number of nitro groups is 1. The van der Waals surface area contributed by atoms with E-state index in [-0.39, 0.29) is 35.9 Å². The van der Waals surface area contributed by atoms with Gasteiger partial charge in [0.1, 0.15) is 0 Å². The van der Waals surface area contributed by atoms with Crippen LogP contribution < -0.4 is 5.32 Å². The molecule has 2 aromatic rings. The van der Waals surface area contributed by atoms with Crippen molar-refractivity contribution in [1.82, 2.24) is 20.5 Å². The summed E-state index contributed by atoms with van der Waals surface area (Å²) < 4.78 is 9.83. The number of unbranched alkanes of at least 4 members (excludes halogenated alkanes) is 3. The smallest absolute Gasteiger partial charge is 0.306 e. The Morgan fingerprint density at radius 1 is 1.16 bits per heavy atom. The van der Waals surface area contributed by atoms with Gasteiger partial charge in [0.25, 0.3) is 0 Å². The Balaban J connectivity index is 1.52. The second-order valence-electron chi connectivity index (χ2n) is 7.44. The molecule has 0 aliphatic heterocycles. The van der Waals surface area contributed by atoms with Crippen molar-refractivity contribution < 1.29 is 23.9 Å². The molecular formula is C20H29N5O6S. The monoisotopic (exact) mass is 467 g/mol. The molecule has 0 aliphatic carbocycles. The number of likely N-dealkylation sites (N-methyl/N-ethyl adjacent to an activating group) is 1. The third-order valence-electron chi connectivity index (χ3n) is 4.55. The molecule has 1 N–H and O–H groups in total. The molecule has 1 aromatic carbocycles. The third-order valence-corrected chi connectivity index (χ3v) is 5.68. The molecule has 32 heavy (non-hydrogen) atoms. The highest BCUT2D eigenvalue weighted by molar-refractivity contribution is 7.99. The van der Waals surface area contributed by atoms with Gasteiger partial charge in [0, 0.05) is 30.5 Å². The van der Waals surface area contributed by atoms with Gasteiger partial charge in [0.15, 0.2) is 5.52 Å². The number of benzene rings is 1. The molecule has 12 heteroatoms. The van der Waals surface area contributed by atoms with Crippen molar-refractivity contribution >= 4 is 40.4 Å². The molecule has 0 saturated carbocycles. The Labute approximate surface area is 190 Å². The van der Waals surface area contributed by atoms with E-state index in [0.717, 1.165) is 42.9 Å². The van der Waals surface area contributed by atoms with Gasteiger partial charge in [-0.2, -0.15) is 0 Å². The molecule has 0 atom stereocenters. The zero-order chi connectivity index (χ0) is 23.3. The number of nitrogens with one attached hydrogen (secondary N) is 1. The summed E-state index contributed by atoms with van der Waals surface area (Å²) in [7, 11) is 3.85. The number of aromatic nitrogens is 2. The van der Waals surface area contributed by atoms with Crippen LogP contribution in [-0.4, -0.2) is 71.6 Å².